The summed E-state index contributed by atoms with van der Waals surface area (Å²) in [6.45, 7) is 2.83. The second kappa shape index (κ2) is 11.9. The molecule has 1 N–H and O–H groups in total. The fourth-order valence-corrected chi connectivity index (χ4v) is 3.77. The number of amides is 4. The highest BCUT2D eigenvalue weighted by molar-refractivity contribution is 5.80. The minimum absolute atomic E-state index is 0.0130. The van der Waals surface area contributed by atoms with Crippen LogP contribution in [0.4, 0.5) is 4.79 Å². The predicted octanol–water partition coefficient (Wildman–Crippen LogP) is 2.14. The van der Waals surface area contributed by atoms with Gasteiger partial charge in [0.25, 0.3) is 0 Å². The molecule has 0 atom stereocenters. The summed E-state index contributed by atoms with van der Waals surface area (Å²) in [6.07, 6.45) is 0.552. The number of ether oxygens (including phenoxy) is 1. The molecule has 33 heavy (non-hydrogen) atoms. The van der Waals surface area contributed by atoms with Crippen LogP contribution in [0.3, 0.4) is 0 Å². The second-order valence-electron chi connectivity index (χ2n) is 8.11. The van der Waals surface area contributed by atoms with Crippen molar-refractivity contribution in [3.05, 3.63) is 65.7 Å². The molecule has 0 aromatic heterocycles. The molecule has 0 aliphatic carbocycles. The normalized spacial score (nSPS) is 13.4. The summed E-state index contributed by atoms with van der Waals surface area (Å²) < 4.78 is 5.21. The highest BCUT2D eigenvalue weighted by atomic mass is 16.5. The first-order chi connectivity index (χ1) is 16.0. The summed E-state index contributed by atoms with van der Waals surface area (Å²) in [5.74, 6) is 0.763. The van der Waals surface area contributed by atoms with E-state index in [0.717, 1.165) is 16.9 Å². The van der Waals surface area contributed by atoms with Gasteiger partial charge in [0.05, 0.1) is 13.5 Å². The molecule has 1 aliphatic heterocycles. The van der Waals surface area contributed by atoms with Crippen LogP contribution in [0.2, 0.25) is 0 Å². The van der Waals surface area contributed by atoms with Crippen LogP contribution in [-0.4, -0.2) is 79.4 Å². The zero-order chi connectivity index (χ0) is 23.6. The highest BCUT2D eigenvalue weighted by Gasteiger charge is 2.24. The molecule has 2 aromatic carbocycles. The number of piperazine rings is 1. The van der Waals surface area contributed by atoms with Gasteiger partial charge in [-0.05, 0) is 23.3 Å². The molecule has 1 fully saturated rings. The van der Waals surface area contributed by atoms with E-state index in [1.807, 2.05) is 54.6 Å². The topological polar surface area (TPSA) is 82.2 Å². The SMILES string of the molecule is COc1cccc(CC(=O)N2CCN(C(=O)CCNC(=O)N(C)Cc3ccccc3)CC2)c1. The summed E-state index contributed by atoms with van der Waals surface area (Å²) >= 11 is 0. The van der Waals surface area contributed by atoms with E-state index in [-0.39, 0.29) is 30.8 Å². The molecular formula is C25H32N4O4. The Bertz CT molecular complexity index is 942. The van der Waals surface area contributed by atoms with Crippen LogP contribution >= 0.6 is 0 Å². The Balaban J connectivity index is 1.35. The number of methoxy groups -OCH3 is 1. The smallest absolute Gasteiger partial charge is 0.317 e. The quantitative estimate of drug-likeness (QED) is 0.665. The molecule has 1 aliphatic rings. The van der Waals surface area contributed by atoms with Gasteiger partial charge in [-0.1, -0.05) is 42.5 Å². The lowest BCUT2D eigenvalue weighted by Gasteiger charge is -2.35. The molecule has 8 nitrogen and oxygen atoms in total. The van der Waals surface area contributed by atoms with Crippen LogP contribution in [0.1, 0.15) is 17.5 Å². The predicted molar refractivity (Wildman–Crippen MR) is 126 cm³/mol. The van der Waals surface area contributed by atoms with E-state index >= 15 is 0 Å². The molecule has 0 unspecified atom stereocenters. The van der Waals surface area contributed by atoms with Crippen molar-refractivity contribution in [2.75, 3.05) is 46.9 Å². The number of carbonyl (C=O) groups is 3. The van der Waals surface area contributed by atoms with Crippen LogP contribution in [0.5, 0.6) is 5.75 Å². The molecule has 4 amide bonds. The Labute approximate surface area is 195 Å². The van der Waals surface area contributed by atoms with Gasteiger partial charge in [-0.3, -0.25) is 9.59 Å². The van der Waals surface area contributed by atoms with E-state index < -0.39 is 0 Å². The molecule has 2 aromatic rings. The fraction of sp³-hybridized carbons (Fsp3) is 0.400. The van der Waals surface area contributed by atoms with Crippen LogP contribution in [-0.2, 0) is 22.6 Å². The number of nitrogens with zero attached hydrogens (tertiary/aromatic N) is 3. The third-order valence-corrected chi connectivity index (χ3v) is 5.70. The zero-order valence-electron chi connectivity index (χ0n) is 19.3. The van der Waals surface area contributed by atoms with Gasteiger partial charge < -0.3 is 24.8 Å². The van der Waals surface area contributed by atoms with Gasteiger partial charge in [-0.15, -0.1) is 0 Å². The van der Waals surface area contributed by atoms with Gasteiger partial charge in [0.2, 0.25) is 11.8 Å². The van der Waals surface area contributed by atoms with Crippen molar-refractivity contribution in [3.8, 4) is 5.75 Å². The lowest BCUT2D eigenvalue weighted by molar-refractivity contribution is -0.139. The highest BCUT2D eigenvalue weighted by Crippen LogP contribution is 2.14. The number of urea groups is 1. The van der Waals surface area contributed by atoms with Crippen molar-refractivity contribution in [1.29, 1.82) is 0 Å². The van der Waals surface area contributed by atoms with Crippen molar-refractivity contribution in [2.24, 2.45) is 0 Å². The Hall–Kier alpha value is -3.55. The van der Waals surface area contributed by atoms with Gasteiger partial charge in [-0.2, -0.15) is 0 Å². The monoisotopic (exact) mass is 452 g/mol. The van der Waals surface area contributed by atoms with Gasteiger partial charge in [0.1, 0.15) is 5.75 Å². The van der Waals surface area contributed by atoms with Gasteiger partial charge in [-0.25, -0.2) is 4.79 Å². The lowest BCUT2D eigenvalue weighted by atomic mass is 10.1. The fourth-order valence-electron chi connectivity index (χ4n) is 3.77. The third-order valence-electron chi connectivity index (χ3n) is 5.70. The van der Waals surface area contributed by atoms with Crippen LogP contribution in [0, 0.1) is 0 Å². The Kier molecular flexibility index (Phi) is 8.69. The minimum atomic E-state index is -0.209. The minimum Gasteiger partial charge on any atom is -0.497 e. The lowest BCUT2D eigenvalue weighted by Crippen LogP contribution is -2.51. The zero-order valence-corrected chi connectivity index (χ0v) is 19.3. The summed E-state index contributed by atoms with van der Waals surface area (Å²) in [7, 11) is 3.33. The van der Waals surface area contributed by atoms with Crippen molar-refractivity contribution in [1.82, 2.24) is 20.0 Å². The van der Waals surface area contributed by atoms with Crippen molar-refractivity contribution in [2.45, 2.75) is 19.4 Å². The number of hydrogen-bond donors (Lipinski definition) is 1. The number of hydrogen-bond acceptors (Lipinski definition) is 4. The standard InChI is InChI=1S/C25H32N4O4/c1-27(19-20-7-4-3-5-8-20)25(32)26-12-11-23(30)28-13-15-29(16-14-28)24(31)18-21-9-6-10-22(17-21)33-2/h3-10,17H,11-16,18-19H2,1-2H3,(H,26,32). The van der Waals surface area contributed by atoms with Crippen molar-refractivity contribution in [3.63, 3.8) is 0 Å². The molecule has 0 bridgehead atoms. The molecule has 8 heteroatoms. The van der Waals surface area contributed by atoms with Crippen LogP contribution in [0.25, 0.3) is 0 Å². The molecule has 176 valence electrons. The molecule has 1 heterocycles. The van der Waals surface area contributed by atoms with Crippen LogP contribution < -0.4 is 10.1 Å². The number of nitrogens with one attached hydrogen (secondary N) is 1. The number of carbonyl (C=O) groups excluding carboxylic acids is 3. The Morgan fingerprint density at radius 2 is 1.55 bits per heavy atom. The van der Waals surface area contributed by atoms with Gasteiger partial charge in [0.15, 0.2) is 0 Å². The van der Waals surface area contributed by atoms with E-state index in [2.05, 4.69) is 5.32 Å². The second-order valence-corrected chi connectivity index (χ2v) is 8.11. The van der Waals surface area contributed by atoms with Gasteiger partial charge >= 0.3 is 6.03 Å². The van der Waals surface area contributed by atoms with E-state index in [1.165, 1.54) is 0 Å². The maximum Gasteiger partial charge on any atom is 0.317 e. The number of rotatable bonds is 8. The molecule has 3 rings (SSSR count). The molecular weight excluding hydrogens is 420 g/mol. The Morgan fingerprint density at radius 1 is 0.909 bits per heavy atom. The maximum atomic E-state index is 12.6. The average Bonchev–Trinajstić information content (AvgIpc) is 2.84. The third kappa shape index (κ3) is 7.24. The first kappa shape index (κ1) is 24.1. The molecule has 0 spiro atoms. The van der Waals surface area contributed by atoms with E-state index in [9.17, 15) is 14.4 Å². The van der Waals surface area contributed by atoms with Crippen molar-refractivity contribution < 1.29 is 19.1 Å². The summed E-state index contributed by atoms with van der Waals surface area (Å²) in [6, 6.07) is 17.0. The summed E-state index contributed by atoms with van der Waals surface area (Å²) in [5.41, 5.74) is 1.95. The van der Waals surface area contributed by atoms with E-state index in [0.29, 0.717) is 39.1 Å². The summed E-state index contributed by atoms with van der Waals surface area (Å²) in [5, 5.41) is 2.80. The average molecular weight is 453 g/mol. The Morgan fingerprint density at radius 3 is 2.21 bits per heavy atom. The molecule has 1 saturated heterocycles. The van der Waals surface area contributed by atoms with Gasteiger partial charge in [0, 0.05) is 52.7 Å². The molecule has 0 radical (unpaired) electrons. The van der Waals surface area contributed by atoms with Crippen LogP contribution in [0.15, 0.2) is 54.6 Å². The van der Waals surface area contributed by atoms with E-state index in [1.54, 1.807) is 28.9 Å². The van der Waals surface area contributed by atoms with E-state index in [4.69, 9.17) is 4.74 Å². The first-order valence-corrected chi connectivity index (χ1v) is 11.2. The largest absolute Gasteiger partial charge is 0.497 e. The first-order valence-electron chi connectivity index (χ1n) is 11.2. The number of benzene rings is 2. The molecule has 0 saturated carbocycles. The maximum absolute atomic E-state index is 12.6. The van der Waals surface area contributed by atoms with Crippen molar-refractivity contribution >= 4 is 17.8 Å². The summed E-state index contributed by atoms with van der Waals surface area (Å²) in [4.78, 5) is 42.5.